The highest BCUT2D eigenvalue weighted by Gasteiger charge is 2.29. The van der Waals surface area contributed by atoms with E-state index in [-0.39, 0.29) is 23.3 Å². The summed E-state index contributed by atoms with van der Waals surface area (Å²) in [5.41, 5.74) is 0. The van der Waals surface area contributed by atoms with Gasteiger partial charge < -0.3 is 9.88 Å². The minimum Gasteiger partial charge on any atom is -0.356 e. The molecule has 0 spiro atoms. The van der Waals surface area contributed by atoms with E-state index in [4.69, 9.17) is 0 Å². The van der Waals surface area contributed by atoms with Crippen molar-refractivity contribution in [2.24, 2.45) is 13.0 Å². The Kier molecular flexibility index (Phi) is 5.26. The van der Waals surface area contributed by atoms with Crippen molar-refractivity contribution >= 4 is 27.5 Å². The van der Waals surface area contributed by atoms with Crippen LogP contribution in [0, 0.1) is 5.92 Å². The number of carbonyl (C=O) groups is 1. The molecule has 118 valence electrons. The van der Waals surface area contributed by atoms with Crippen molar-refractivity contribution in [3.63, 3.8) is 0 Å². The van der Waals surface area contributed by atoms with Crippen molar-refractivity contribution in [3.8, 4) is 0 Å². The second-order valence-electron chi connectivity index (χ2n) is 5.26. The van der Waals surface area contributed by atoms with Gasteiger partial charge in [0, 0.05) is 32.7 Å². The lowest BCUT2D eigenvalue weighted by molar-refractivity contribution is -0.118. The van der Waals surface area contributed by atoms with E-state index in [9.17, 15) is 13.2 Å². The van der Waals surface area contributed by atoms with Crippen LogP contribution in [-0.4, -0.2) is 52.9 Å². The van der Waals surface area contributed by atoms with Crippen molar-refractivity contribution in [1.29, 1.82) is 0 Å². The molecule has 1 aliphatic heterocycles. The molecule has 1 fully saturated rings. The molecule has 9 heteroatoms. The molecule has 1 aromatic heterocycles. The van der Waals surface area contributed by atoms with E-state index in [2.05, 4.69) is 15.5 Å². The maximum Gasteiger partial charge on any atom is 0.216 e. The number of carbonyl (C=O) groups excluding carboxylic acids is 1. The lowest BCUT2D eigenvalue weighted by Crippen LogP contribution is -2.22. The van der Waals surface area contributed by atoms with Gasteiger partial charge in [-0.05, 0) is 12.3 Å². The predicted molar refractivity (Wildman–Crippen MR) is 80.9 cm³/mol. The molecule has 0 radical (unpaired) electrons. The molecular formula is C12H20N4O3S2. The van der Waals surface area contributed by atoms with Crippen LogP contribution in [0.15, 0.2) is 5.16 Å². The van der Waals surface area contributed by atoms with E-state index >= 15 is 0 Å². The van der Waals surface area contributed by atoms with Crippen LogP contribution in [-0.2, 0) is 28.1 Å². The van der Waals surface area contributed by atoms with Crippen LogP contribution in [0.1, 0.15) is 19.2 Å². The second-order valence-corrected chi connectivity index (χ2v) is 8.55. The summed E-state index contributed by atoms with van der Waals surface area (Å²) in [6.45, 7) is 2.07. The third kappa shape index (κ3) is 4.70. The lowest BCUT2D eigenvalue weighted by atomic mass is 10.1. The van der Waals surface area contributed by atoms with E-state index in [1.165, 1.54) is 18.7 Å². The Morgan fingerprint density at radius 1 is 1.48 bits per heavy atom. The Hall–Kier alpha value is -1.09. The fourth-order valence-electron chi connectivity index (χ4n) is 2.31. The maximum atomic E-state index is 11.5. The van der Waals surface area contributed by atoms with Gasteiger partial charge in [0.1, 0.15) is 5.82 Å². The third-order valence-electron chi connectivity index (χ3n) is 3.43. The lowest BCUT2D eigenvalue weighted by Gasteiger charge is -2.07. The van der Waals surface area contributed by atoms with Crippen LogP contribution < -0.4 is 5.32 Å². The molecule has 0 bridgehead atoms. The van der Waals surface area contributed by atoms with Crippen molar-refractivity contribution < 1.29 is 13.2 Å². The number of hydrogen-bond acceptors (Lipinski definition) is 6. The molecule has 0 unspecified atom stereocenters. The molecule has 1 amide bonds. The zero-order valence-electron chi connectivity index (χ0n) is 12.2. The van der Waals surface area contributed by atoms with Crippen LogP contribution in [0.4, 0.5) is 0 Å². The summed E-state index contributed by atoms with van der Waals surface area (Å²) >= 11 is 1.52. The molecule has 1 aliphatic rings. The van der Waals surface area contributed by atoms with Gasteiger partial charge in [-0.1, -0.05) is 11.8 Å². The topological polar surface area (TPSA) is 94.0 Å². The first kappa shape index (κ1) is 16.3. The van der Waals surface area contributed by atoms with Crippen LogP contribution in [0.2, 0.25) is 0 Å². The summed E-state index contributed by atoms with van der Waals surface area (Å²) in [5.74, 6) is 2.19. The van der Waals surface area contributed by atoms with Crippen molar-refractivity contribution in [1.82, 2.24) is 20.1 Å². The number of amides is 1. The van der Waals surface area contributed by atoms with E-state index < -0.39 is 9.84 Å². The number of thioether (sulfide) groups is 1. The summed E-state index contributed by atoms with van der Waals surface area (Å²) < 4.78 is 24.8. The van der Waals surface area contributed by atoms with Gasteiger partial charge >= 0.3 is 0 Å². The third-order valence-corrected chi connectivity index (χ3v) is 6.29. The highest BCUT2D eigenvalue weighted by atomic mass is 32.2. The SMILES string of the molecule is CC(=O)NCCSc1nnc(C[C@@H]2CCS(=O)(=O)C2)n1C. The number of hydrogen-bond donors (Lipinski definition) is 1. The molecule has 2 heterocycles. The average molecular weight is 332 g/mol. The molecule has 0 aromatic carbocycles. The Morgan fingerprint density at radius 3 is 2.86 bits per heavy atom. The Morgan fingerprint density at radius 2 is 2.24 bits per heavy atom. The Bertz CT molecular complexity index is 612. The molecule has 2 rings (SSSR count). The van der Waals surface area contributed by atoms with Crippen LogP contribution in [0.25, 0.3) is 0 Å². The zero-order valence-corrected chi connectivity index (χ0v) is 13.8. The number of aromatic nitrogens is 3. The van der Waals surface area contributed by atoms with Crippen LogP contribution in [0.3, 0.4) is 0 Å². The molecule has 1 N–H and O–H groups in total. The quantitative estimate of drug-likeness (QED) is 0.583. The monoisotopic (exact) mass is 332 g/mol. The minimum atomic E-state index is -2.85. The van der Waals surface area contributed by atoms with Crippen molar-refractivity contribution in [2.45, 2.75) is 24.9 Å². The fourth-order valence-corrected chi connectivity index (χ4v) is 4.96. The molecule has 1 aromatic rings. The zero-order chi connectivity index (χ0) is 15.5. The first-order valence-corrected chi connectivity index (χ1v) is 9.64. The van der Waals surface area contributed by atoms with Gasteiger partial charge in [-0.25, -0.2) is 8.42 Å². The molecule has 1 atom stereocenters. The molecule has 21 heavy (non-hydrogen) atoms. The van der Waals surface area contributed by atoms with Gasteiger partial charge in [0.25, 0.3) is 0 Å². The largest absolute Gasteiger partial charge is 0.356 e. The van der Waals surface area contributed by atoms with Gasteiger partial charge in [0.2, 0.25) is 5.91 Å². The van der Waals surface area contributed by atoms with Crippen LogP contribution in [0.5, 0.6) is 0 Å². The van der Waals surface area contributed by atoms with Gasteiger partial charge in [-0.3, -0.25) is 4.79 Å². The smallest absolute Gasteiger partial charge is 0.216 e. The molecule has 0 aliphatic carbocycles. The number of rotatable bonds is 6. The molecule has 7 nitrogen and oxygen atoms in total. The normalized spacial score (nSPS) is 20.6. The Labute approximate surface area is 128 Å². The Balaban J connectivity index is 1.87. The van der Waals surface area contributed by atoms with Crippen LogP contribution >= 0.6 is 11.8 Å². The van der Waals surface area contributed by atoms with Gasteiger partial charge in [-0.15, -0.1) is 10.2 Å². The highest BCUT2D eigenvalue weighted by Crippen LogP contribution is 2.23. The van der Waals surface area contributed by atoms with E-state index in [0.717, 1.165) is 16.7 Å². The maximum absolute atomic E-state index is 11.5. The predicted octanol–water partition coefficient (Wildman–Crippen LogP) is 0.0205. The van der Waals surface area contributed by atoms with Gasteiger partial charge in [0.05, 0.1) is 11.5 Å². The number of nitrogens with zero attached hydrogens (tertiary/aromatic N) is 3. The molecular weight excluding hydrogens is 312 g/mol. The molecule has 0 saturated carbocycles. The standard InChI is InChI=1S/C12H20N4O3S2/c1-9(17)13-4-5-20-12-15-14-11(16(12)2)7-10-3-6-21(18,19)8-10/h10H,3-8H2,1-2H3,(H,13,17)/t10-/m0/s1. The highest BCUT2D eigenvalue weighted by molar-refractivity contribution is 7.99. The second kappa shape index (κ2) is 6.78. The fraction of sp³-hybridized carbons (Fsp3) is 0.750. The summed E-state index contributed by atoms with van der Waals surface area (Å²) in [6.07, 6.45) is 1.36. The van der Waals surface area contributed by atoms with E-state index in [1.54, 1.807) is 0 Å². The number of sulfone groups is 1. The van der Waals surface area contributed by atoms with Crippen molar-refractivity contribution in [2.75, 3.05) is 23.8 Å². The van der Waals surface area contributed by atoms with Gasteiger partial charge in [0.15, 0.2) is 15.0 Å². The number of nitrogens with one attached hydrogen (secondary N) is 1. The first-order chi connectivity index (χ1) is 9.87. The summed E-state index contributed by atoms with van der Waals surface area (Å²) in [7, 11) is -0.962. The van der Waals surface area contributed by atoms with E-state index in [0.29, 0.717) is 19.4 Å². The average Bonchev–Trinajstić information content (AvgIpc) is 2.90. The van der Waals surface area contributed by atoms with Crippen molar-refractivity contribution in [3.05, 3.63) is 5.82 Å². The summed E-state index contributed by atoms with van der Waals surface area (Å²) in [6, 6.07) is 0. The van der Waals surface area contributed by atoms with E-state index in [1.807, 2.05) is 11.6 Å². The first-order valence-electron chi connectivity index (χ1n) is 6.83. The summed E-state index contributed by atoms with van der Waals surface area (Å²) in [4.78, 5) is 10.8. The summed E-state index contributed by atoms with van der Waals surface area (Å²) in [5, 5.41) is 11.8. The van der Waals surface area contributed by atoms with Gasteiger partial charge in [-0.2, -0.15) is 0 Å². The minimum absolute atomic E-state index is 0.0447. The molecule has 1 saturated heterocycles.